The number of nitrogens with zero attached hydrogens (tertiary/aromatic N) is 1. The second kappa shape index (κ2) is 8.42. The van der Waals surface area contributed by atoms with E-state index in [1.165, 1.54) is 29.8 Å². The van der Waals surface area contributed by atoms with Crippen molar-refractivity contribution in [2.75, 3.05) is 11.9 Å². The first-order valence-corrected chi connectivity index (χ1v) is 9.24. The molecule has 1 N–H and O–H groups in total. The van der Waals surface area contributed by atoms with E-state index in [4.69, 9.17) is 4.74 Å². The fourth-order valence-electron chi connectivity index (χ4n) is 3.44. The molecule has 2 rings (SSSR count). The van der Waals surface area contributed by atoms with Crippen LogP contribution in [-0.2, 0) is 10.2 Å². The molecule has 2 aromatic rings. The zero-order valence-electron chi connectivity index (χ0n) is 17.1. The molecule has 28 heavy (non-hydrogen) atoms. The summed E-state index contributed by atoms with van der Waals surface area (Å²) in [4.78, 5) is 22.2. The Balaban J connectivity index is 1.90. The minimum atomic E-state index is -0.485. The number of nitro benzene ring substituents is 1. The normalized spacial score (nSPS) is 11.8. The molecule has 0 radical (unpaired) electrons. The molecule has 0 aliphatic heterocycles. The summed E-state index contributed by atoms with van der Waals surface area (Å²) < 4.78 is 5.55. The van der Waals surface area contributed by atoms with E-state index in [-0.39, 0.29) is 29.0 Å². The molecule has 0 atom stereocenters. The monoisotopic (exact) mass is 384 g/mol. The van der Waals surface area contributed by atoms with Gasteiger partial charge in [-0.3, -0.25) is 14.9 Å². The lowest BCUT2D eigenvalue weighted by atomic mass is 9.72. The molecule has 1 amide bonds. The Bertz CT molecular complexity index is 819. The molecule has 0 aromatic heterocycles. The zero-order valence-corrected chi connectivity index (χ0v) is 17.1. The van der Waals surface area contributed by atoms with Crippen LogP contribution in [0.2, 0.25) is 0 Å². The molecule has 0 heterocycles. The van der Waals surface area contributed by atoms with Gasteiger partial charge in [-0.05, 0) is 47.1 Å². The predicted molar refractivity (Wildman–Crippen MR) is 111 cm³/mol. The first-order valence-electron chi connectivity index (χ1n) is 9.24. The maximum Gasteiger partial charge on any atom is 0.269 e. The van der Waals surface area contributed by atoms with Crippen molar-refractivity contribution in [3.8, 4) is 5.75 Å². The molecular formula is C22H28N2O4. The number of amides is 1. The van der Waals surface area contributed by atoms with Crippen LogP contribution in [0.5, 0.6) is 5.75 Å². The lowest BCUT2D eigenvalue weighted by molar-refractivity contribution is -0.384. The number of carbonyl (C=O) groups excluding carboxylic acids is 1. The van der Waals surface area contributed by atoms with Gasteiger partial charge in [0.05, 0.1) is 4.92 Å². The van der Waals surface area contributed by atoms with Crippen LogP contribution in [-0.4, -0.2) is 17.4 Å². The van der Waals surface area contributed by atoms with Crippen molar-refractivity contribution >= 4 is 17.3 Å². The SMILES string of the molecule is CC(C)(C)CC(C)(C)c1ccc(OCC(=O)Nc2ccc([N+](=O)[O-])cc2)cc1. The first-order chi connectivity index (χ1) is 13.0. The van der Waals surface area contributed by atoms with Crippen LogP contribution in [0.1, 0.15) is 46.6 Å². The predicted octanol–water partition coefficient (Wildman–Crippen LogP) is 5.33. The highest BCUT2D eigenvalue weighted by atomic mass is 16.6. The van der Waals surface area contributed by atoms with Crippen LogP contribution in [0.3, 0.4) is 0 Å². The molecule has 150 valence electrons. The Hall–Kier alpha value is -2.89. The lowest BCUT2D eigenvalue weighted by Crippen LogP contribution is -2.24. The van der Waals surface area contributed by atoms with Gasteiger partial charge in [0.1, 0.15) is 5.75 Å². The molecule has 0 spiro atoms. The number of benzene rings is 2. The Morgan fingerprint density at radius 1 is 1.00 bits per heavy atom. The maximum atomic E-state index is 12.0. The summed E-state index contributed by atoms with van der Waals surface area (Å²) in [6.07, 6.45) is 1.05. The van der Waals surface area contributed by atoms with Gasteiger partial charge >= 0.3 is 0 Å². The van der Waals surface area contributed by atoms with Gasteiger partial charge in [0, 0.05) is 17.8 Å². The molecular weight excluding hydrogens is 356 g/mol. The maximum absolute atomic E-state index is 12.0. The van der Waals surface area contributed by atoms with Crippen LogP contribution in [0.4, 0.5) is 11.4 Å². The highest BCUT2D eigenvalue weighted by Gasteiger charge is 2.27. The van der Waals surface area contributed by atoms with E-state index >= 15 is 0 Å². The Morgan fingerprint density at radius 2 is 1.57 bits per heavy atom. The highest BCUT2D eigenvalue weighted by Crippen LogP contribution is 2.36. The number of anilines is 1. The van der Waals surface area contributed by atoms with Gasteiger partial charge in [0.2, 0.25) is 0 Å². The Kier molecular flexibility index (Phi) is 6.44. The fourth-order valence-corrected chi connectivity index (χ4v) is 3.44. The van der Waals surface area contributed by atoms with Crippen molar-refractivity contribution in [1.29, 1.82) is 0 Å². The van der Waals surface area contributed by atoms with Crippen LogP contribution in [0.15, 0.2) is 48.5 Å². The van der Waals surface area contributed by atoms with Crippen molar-refractivity contribution < 1.29 is 14.5 Å². The van der Waals surface area contributed by atoms with E-state index in [0.29, 0.717) is 11.4 Å². The third-order valence-corrected chi connectivity index (χ3v) is 4.34. The van der Waals surface area contributed by atoms with E-state index in [9.17, 15) is 14.9 Å². The third-order valence-electron chi connectivity index (χ3n) is 4.34. The van der Waals surface area contributed by atoms with E-state index in [2.05, 4.69) is 39.9 Å². The second-order valence-electron chi connectivity index (χ2n) is 8.79. The average molecular weight is 384 g/mol. The largest absolute Gasteiger partial charge is 0.484 e. The molecule has 0 saturated heterocycles. The first kappa shape index (κ1) is 21.4. The molecule has 0 fully saturated rings. The van der Waals surface area contributed by atoms with E-state index in [0.717, 1.165) is 6.42 Å². The molecule has 0 saturated carbocycles. The third kappa shape index (κ3) is 6.37. The summed E-state index contributed by atoms with van der Waals surface area (Å²) >= 11 is 0. The number of rotatable bonds is 7. The number of non-ortho nitro benzene ring substituents is 1. The number of hydrogen-bond donors (Lipinski definition) is 1. The number of hydrogen-bond acceptors (Lipinski definition) is 4. The van der Waals surface area contributed by atoms with E-state index in [1.54, 1.807) is 0 Å². The van der Waals surface area contributed by atoms with Crippen LogP contribution >= 0.6 is 0 Å². The summed E-state index contributed by atoms with van der Waals surface area (Å²) in [6.45, 7) is 11.0. The second-order valence-corrected chi connectivity index (χ2v) is 8.79. The number of carbonyl (C=O) groups is 1. The lowest BCUT2D eigenvalue weighted by Gasteiger charge is -2.33. The fraction of sp³-hybridized carbons (Fsp3) is 0.409. The molecule has 0 aliphatic rings. The topological polar surface area (TPSA) is 81.5 Å². The highest BCUT2D eigenvalue weighted by molar-refractivity contribution is 5.91. The van der Waals surface area contributed by atoms with Gasteiger partial charge in [0.25, 0.3) is 11.6 Å². The van der Waals surface area contributed by atoms with Gasteiger partial charge in [-0.15, -0.1) is 0 Å². The van der Waals surface area contributed by atoms with Gasteiger partial charge in [-0.1, -0.05) is 46.8 Å². The van der Waals surface area contributed by atoms with Crippen LogP contribution in [0, 0.1) is 15.5 Å². The van der Waals surface area contributed by atoms with E-state index < -0.39 is 4.92 Å². The molecule has 6 nitrogen and oxygen atoms in total. The summed E-state index contributed by atoms with van der Waals surface area (Å²) in [5.41, 5.74) is 1.96. The van der Waals surface area contributed by atoms with Crippen molar-refractivity contribution in [2.24, 2.45) is 5.41 Å². The molecule has 2 aromatic carbocycles. The van der Waals surface area contributed by atoms with Gasteiger partial charge < -0.3 is 10.1 Å². The van der Waals surface area contributed by atoms with Crippen LogP contribution in [0.25, 0.3) is 0 Å². The summed E-state index contributed by atoms with van der Waals surface area (Å²) in [6, 6.07) is 13.5. The van der Waals surface area contributed by atoms with Crippen molar-refractivity contribution in [2.45, 2.75) is 46.5 Å². The Labute approximate surface area is 166 Å². The van der Waals surface area contributed by atoms with Crippen LogP contribution < -0.4 is 10.1 Å². The van der Waals surface area contributed by atoms with Gasteiger partial charge in [-0.2, -0.15) is 0 Å². The molecule has 6 heteroatoms. The molecule has 0 aliphatic carbocycles. The quantitative estimate of drug-likeness (QED) is 0.517. The summed E-state index contributed by atoms with van der Waals surface area (Å²) in [7, 11) is 0. The van der Waals surface area contributed by atoms with Gasteiger partial charge in [-0.25, -0.2) is 0 Å². The van der Waals surface area contributed by atoms with Crippen molar-refractivity contribution in [1.82, 2.24) is 0 Å². The minimum Gasteiger partial charge on any atom is -0.484 e. The standard InChI is InChI=1S/C22H28N2O4/c1-21(2,3)15-22(4,5)16-6-12-19(13-7-16)28-14-20(25)23-17-8-10-18(11-9-17)24(26)27/h6-13H,14-15H2,1-5H3,(H,23,25). The molecule has 0 unspecified atom stereocenters. The number of ether oxygens (including phenoxy) is 1. The summed E-state index contributed by atoms with van der Waals surface area (Å²) in [5, 5.41) is 13.3. The number of nitrogens with one attached hydrogen (secondary N) is 1. The van der Waals surface area contributed by atoms with Crippen molar-refractivity contribution in [3.05, 3.63) is 64.2 Å². The van der Waals surface area contributed by atoms with Crippen molar-refractivity contribution in [3.63, 3.8) is 0 Å². The van der Waals surface area contributed by atoms with Gasteiger partial charge in [0.15, 0.2) is 6.61 Å². The smallest absolute Gasteiger partial charge is 0.269 e. The minimum absolute atomic E-state index is 0.0243. The summed E-state index contributed by atoms with van der Waals surface area (Å²) in [5.74, 6) is 0.292. The zero-order chi connectivity index (χ0) is 20.9. The Morgan fingerprint density at radius 3 is 2.07 bits per heavy atom. The average Bonchev–Trinajstić information content (AvgIpc) is 2.59. The molecule has 0 bridgehead atoms. The number of nitro groups is 1. The van der Waals surface area contributed by atoms with E-state index in [1.807, 2.05) is 24.3 Å².